The van der Waals surface area contributed by atoms with Gasteiger partial charge in [-0.3, -0.25) is 4.79 Å². The average Bonchev–Trinajstić information content (AvgIpc) is 2.54. The normalized spacial score (nSPS) is 20.2. The highest BCUT2D eigenvalue weighted by atomic mass is 16.5. The topological polar surface area (TPSA) is 61.5 Å². The zero-order valence-corrected chi connectivity index (χ0v) is 12.5. The predicted molar refractivity (Wildman–Crippen MR) is 84.4 cm³/mol. The third-order valence-electron chi connectivity index (χ3n) is 3.86. The molecule has 0 amide bonds. The van der Waals surface area contributed by atoms with Gasteiger partial charge in [0.05, 0.1) is 12.0 Å². The van der Waals surface area contributed by atoms with Crippen LogP contribution in [0.4, 0.5) is 0 Å². The number of carbonyl (C=O) groups excluding carboxylic acids is 1. The van der Waals surface area contributed by atoms with Crippen molar-refractivity contribution in [2.75, 3.05) is 13.2 Å². The molecule has 2 aromatic rings. The van der Waals surface area contributed by atoms with Crippen LogP contribution < -0.4 is 15.2 Å². The smallest absolute Gasteiger partial charge is 0.171 e. The first kappa shape index (κ1) is 14.6. The fourth-order valence-corrected chi connectivity index (χ4v) is 2.71. The first-order valence-electron chi connectivity index (χ1n) is 7.37. The fourth-order valence-electron chi connectivity index (χ4n) is 2.71. The molecule has 1 aliphatic rings. The van der Waals surface area contributed by atoms with Crippen LogP contribution in [0.15, 0.2) is 48.5 Å². The largest absolute Gasteiger partial charge is 0.492 e. The third-order valence-corrected chi connectivity index (χ3v) is 3.86. The molecule has 22 heavy (non-hydrogen) atoms. The Labute approximate surface area is 129 Å². The summed E-state index contributed by atoms with van der Waals surface area (Å²) in [4.78, 5) is 12.5. The van der Waals surface area contributed by atoms with Crippen molar-refractivity contribution in [2.24, 2.45) is 5.73 Å². The molecule has 0 radical (unpaired) electrons. The maximum atomic E-state index is 12.5. The van der Waals surface area contributed by atoms with E-state index in [4.69, 9.17) is 15.2 Å². The van der Waals surface area contributed by atoms with Crippen molar-refractivity contribution in [2.45, 2.75) is 18.9 Å². The van der Waals surface area contributed by atoms with Gasteiger partial charge in [-0.1, -0.05) is 30.3 Å². The van der Waals surface area contributed by atoms with Gasteiger partial charge >= 0.3 is 0 Å². The number of nitrogens with two attached hydrogens (primary N) is 1. The van der Waals surface area contributed by atoms with Crippen LogP contribution >= 0.6 is 0 Å². The summed E-state index contributed by atoms with van der Waals surface area (Å²) in [5.74, 6) is 1.30. The molecule has 0 saturated carbocycles. The Morgan fingerprint density at radius 2 is 2.00 bits per heavy atom. The van der Waals surface area contributed by atoms with Gasteiger partial charge < -0.3 is 15.2 Å². The van der Waals surface area contributed by atoms with Crippen molar-refractivity contribution < 1.29 is 14.3 Å². The minimum Gasteiger partial charge on any atom is -0.492 e. The molecule has 1 aliphatic heterocycles. The van der Waals surface area contributed by atoms with Crippen molar-refractivity contribution in [1.82, 2.24) is 0 Å². The molecule has 0 spiro atoms. The molecule has 3 rings (SSSR count). The summed E-state index contributed by atoms with van der Waals surface area (Å²) in [7, 11) is 0. The van der Waals surface area contributed by atoms with Gasteiger partial charge in [0.15, 0.2) is 5.78 Å². The number of carbonyl (C=O) groups is 1. The summed E-state index contributed by atoms with van der Waals surface area (Å²) in [6, 6.07) is 15.2. The molecule has 1 unspecified atom stereocenters. The highest BCUT2D eigenvalue weighted by molar-refractivity contribution is 6.00. The van der Waals surface area contributed by atoms with E-state index in [1.807, 2.05) is 37.3 Å². The molecule has 0 bridgehead atoms. The number of ether oxygens (including phenoxy) is 2. The van der Waals surface area contributed by atoms with Crippen molar-refractivity contribution in [3.8, 4) is 11.5 Å². The van der Waals surface area contributed by atoms with Gasteiger partial charge in [0.2, 0.25) is 0 Å². The lowest BCUT2D eigenvalue weighted by Gasteiger charge is -2.35. The van der Waals surface area contributed by atoms with Gasteiger partial charge in [-0.25, -0.2) is 0 Å². The van der Waals surface area contributed by atoms with Gasteiger partial charge in [0.25, 0.3) is 0 Å². The first-order chi connectivity index (χ1) is 10.6. The summed E-state index contributed by atoms with van der Waals surface area (Å²) in [6.07, 6.45) is 0.310. The molecule has 1 heterocycles. The highest BCUT2D eigenvalue weighted by Crippen LogP contribution is 2.40. The summed E-state index contributed by atoms with van der Waals surface area (Å²) in [5.41, 5.74) is 6.36. The van der Waals surface area contributed by atoms with E-state index in [0.717, 1.165) is 5.56 Å². The maximum Gasteiger partial charge on any atom is 0.171 e. The van der Waals surface area contributed by atoms with E-state index in [9.17, 15) is 4.79 Å². The zero-order valence-electron chi connectivity index (χ0n) is 12.5. The number of ketones is 1. The lowest BCUT2D eigenvalue weighted by Crippen LogP contribution is -2.36. The van der Waals surface area contributed by atoms with Crippen molar-refractivity contribution in [1.29, 1.82) is 0 Å². The minimum absolute atomic E-state index is 0.0609. The van der Waals surface area contributed by atoms with Crippen LogP contribution in [0.2, 0.25) is 0 Å². The molecular weight excluding hydrogens is 278 g/mol. The quantitative estimate of drug-likeness (QED) is 0.942. The van der Waals surface area contributed by atoms with E-state index in [-0.39, 0.29) is 5.78 Å². The zero-order chi connectivity index (χ0) is 15.6. The van der Waals surface area contributed by atoms with Crippen molar-refractivity contribution in [3.05, 3.63) is 59.7 Å². The Morgan fingerprint density at radius 1 is 1.23 bits per heavy atom. The Bertz CT molecular complexity index is 684. The second-order valence-electron chi connectivity index (χ2n) is 5.59. The Hall–Kier alpha value is -2.33. The molecule has 0 aromatic heterocycles. The summed E-state index contributed by atoms with van der Waals surface area (Å²) >= 11 is 0. The third kappa shape index (κ3) is 2.70. The molecule has 1 atom stereocenters. The number of benzene rings is 2. The van der Waals surface area contributed by atoms with E-state index in [0.29, 0.717) is 36.6 Å². The molecule has 0 fully saturated rings. The monoisotopic (exact) mass is 297 g/mol. The lowest BCUT2D eigenvalue weighted by atomic mass is 9.85. The molecule has 2 N–H and O–H groups in total. The number of fused-ring (bicyclic) bond motifs is 1. The van der Waals surface area contributed by atoms with Crippen LogP contribution in [0, 0.1) is 0 Å². The van der Waals surface area contributed by atoms with Crippen LogP contribution in [-0.4, -0.2) is 18.9 Å². The van der Waals surface area contributed by atoms with Crippen molar-refractivity contribution >= 4 is 5.78 Å². The van der Waals surface area contributed by atoms with Crippen molar-refractivity contribution in [3.63, 3.8) is 0 Å². The Kier molecular flexibility index (Phi) is 3.86. The standard InChI is InChI=1S/C18H19NO3/c1-18(13-5-3-2-4-6-13)12-16(20)15-11-14(21-10-9-19)7-8-17(15)22-18/h2-8,11H,9-10,12,19H2,1H3. The minimum atomic E-state index is -0.634. The highest BCUT2D eigenvalue weighted by Gasteiger charge is 2.38. The number of hydrogen-bond acceptors (Lipinski definition) is 4. The van der Waals surface area contributed by atoms with E-state index in [1.54, 1.807) is 18.2 Å². The molecule has 0 saturated heterocycles. The molecular formula is C18H19NO3. The van der Waals surface area contributed by atoms with Gasteiger partial charge in [-0.05, 0) is 30.7 Å². The summed E-state index contributed by atoms with van der Waals surface area (Å²) in [5, 5.41) is 0. The first-order valence-corrected chi connectivity index (χ1v) is 7.37. The van der Waals surface area contributed by atoms with Gasteiger partial charge in [0.1, 0.15) is 23.7 Å². The van der Waals surface area contributed by atoms with Crippen LogP contribution in [-0.2, 0) is 5.60 Å². The van der Waals surface area contributed by atoms with E-state index in [2.05, 4.69) is 0 Å². The lowest BCUT2D eigenvalue weighted by molar-refractivity contribution is 0.0502. The predicted octanol–water partition coefficient (Wildman–Crippen LogP) is 2.90. The second-order valence-corrected chi connectivity index (χ2v) is 5.59. The SMILES string of the molecule is CC1(c2ccccc2)CC(=O)c2cc(OCCN)ccc2O1. The van der Waals surface area contributed by atoms with Crippen LogP contribution in [0.25, 0.3) is 0 Å². The molecule has 4 nitrogen and oxygen atoms in total. The fraction of sp³-hybridized carbons (Fsp3) is 0.278. The number of Topliss-reactive ketones (excluding diaryl/α,β-unsaturated/α-hetero) is 1. The summed E-state index contributed by atoms with van der Waals surface area (Å²) < 4.78 is 11.6. The average molecular weight is 297 g/mol. The number of hydrogen-bond donors (Lipinski definition) is 1. The molecule has 114 valence electrons. The summed E-state index contributed by atoms with van der Waals surface area (Å²) in [6.45, 7) is 2.81. The van der Waals surface area contributed by atoms with Crippen LogP contribution in [0.3, 0.4) is 0 Å². The van der Waals surface area contributed by atoms with Crippen LogP contribution in [0.1, 0.15) is 29.3 Å². The molecule has 2 aromatic carbocycles. The van der Waals surface area contributed by atoms with E-state index < -0.39 is 5.60 Å². The Morgan fingerprint density at radius 3 is 2.73 bits per heavy atom. The Balaban J connectivity index is 1.92. The van der Waals surface area contributed by atoms with Gasteiger partial charge in [0, 0.05) is 6.54 Å². The molecule has 4 heteroatoms. The van der Waals surface area contributed by atoms with Crippen LogP contribution in [0.5, 0.6) is 11.5 Å². The van der Waals surface area contributed by atoms with Gasteiger partial charge in [-0.2, -0.15) is 0 Å². The van der Waals surface area contributed by atoms with E-state index >= 15 is 0 Å². The maximum absolute atomic E-state index is 12.5. The van der Waals surface area contributed by atoms with Gasteiger partial charge in [-0.15, -0.1) is 0 Å². The van der Waals surface area contributed by atoms with E-state index in [1.165, 1.54) is 0 Å². The second kappa shape index (κ2) is 5.81. The number of rotatable bonds is 4. The molecule has 0 aliphatic carbocycles.